The number of rotatable bonds is 1. The molecule has 1 atom stereocenters. The number of aromatic nitrogens is 3. The van der Waals surface area contributed by atoms with Crippen molar-refractivity contribution >= 4 is 7.54 Å². The first-order valence-electron chi connectivity index (χ1n) is 7.26. The average molecular weight is 329 g/mol. The minimum Gasteiger partial charge on any atom is -1.00 e. The van der Waals surface area contributed by atoms with Gasteiger partial charge in [0.25, 0.3) is 5.82 Å². The quantitative estimate of drug-likeness (QED) is 0.426. The molecule has 2 aromatic rings. The molecule has 0 spiro atoms. The van der Waals surface area contributed by atoms with Crippen LogP contribution in [-0.4, -0.2) is 17.3 Å². The summed E-state index contributed by atoms with van der Waals surface area (Å²) in [5.41, 5.74) is 1.42. The van der Waals surface area contributed by atoms with Gasteiger partial charge in [-0.1, -0.05) is 43.7 Å². The SMILES string of the molecule is CC(C)(C)[C@H]1CCc2nn(-c3ccccc3)c[n+]21.FB(F)F.[F-]. The second-order valence-electron chi connectivity index (χ2n) is 6.39. The molecule has 0 radical (unpaired) electrons. The Balaban J connectivity index is 0.000000478. The van der Waals surface area contributed by atoms with Crippen LogP contribution in [0.2, 0.25) is 0 Å². The molecule has 0 aliphatic carbocycles. The molecule has 1 aliphatic rings. The van der Waals surface area contributed by atoms with Gasteiger partial charge in [0.1, 0.15) is 5.69 Å². The van der Waals surface area contributed by atoms with Crippen LogP contribution < -0.4 is 9.27 Å². The molecule has 0 N–H and O–H groups in total. The summed E-state index contributed by atoms with van der Waals surface area (Å²) in [5, 5.41) is 4.70. The Morgan fingerprint density at radius 2 is 1.74 bits per heavy atom. The summed E-state index contributed by atoms with van der Waals surface area (Å²) in [6, 6.07) is 10.9. The second kappa shape index (κ2) is 7.61. The van der Waals surface area contributed by atoms with Crippen molar-refractivity contribution in [2.24, 2.45) is 5.41 Å². The van der Waals surface area contributed by atoms with E-state index in [2.05, 4.69) is 43.8 Å². The fourth-order valence-corrected chi connectivity index (χ4v) is 2.79. The van der Waals surface area contributed by atoms with Crippen molar-refractivity contribution in [2.45, 2.75) is 39.7 Å². The van der Waals surface area contributed by atoms with Crippen molar-refractivity contribution in [1.82, 2.24) is 9.78 Å². The topological polar surface area (TPSA) is 21.7 Å². The first kappa shape index (κ1) is 19.2. The Bertz CT molecular complexity index is 608. The van der Waals surface area contributed by atoms with Gasteiger partial charge < -0.3 is 4.70 Å². The molecule has 0 unspecified atom stereocenters. The summed E-state index contributed by atoms with van der Waals surface area (Å²) in [7, 11) is -3.67. The van der Waals surface area contributed by atoms with Crippen LogP contribution in [0, 0.1) is 5.41 Å². The maximum absolute atomic E-state index is 9.67. The molecule has 0 fully saturated rings. The lowest BCUT2D eigenvalue weighted by molar-refractivity contribution is -0.729. The summed E-state index contributed by atoms with van der Waals surface area (Å²) < 4.78 is 33.3. The molecule has 0 bridgehead atoms. The maximum atomic E-state index is 9.67. The van der Waals surface area contributed by atoms with Gasteiger partial charge in [0, 0.05) is 11.5 Å². The largest absolute Gasteiger partial charge is 1.00 e. The first-order chi connectivity index (χ1) is 10.3. The fourth-order valence-electron chi connectivity index (χ4n) is 2.79. The van der Waals surface area contributed by atoms with Crippen LogP contribution in [0.5, 0.6) is 0 Å². The number of fused-ring (bicyclic) bond motifs is 1. The van der Waals surface area contributed by atoms with Crippen LogP contribution >= 0.6 is 0 Å². The van der Waals surface area contributed by atoms with E-state index in [0.717, 1.165) is 12.1 Å². The van der Waals surface area contributed by atoms with Gasteiger partial charge in [0.2, 0.25) is 6.33 Å². The van der Waals surface area contributed by atoms with E-state index in [1.165, 1.54) is 12.2 Å². The first-order valence-corrected chi connectivity index (χ1v) is 7.26. The molecular formula is C15H20BF4N3. The standard InChI is InChI=1S/C15H20N3.BF3.FH/c1-15(2,3)13-9-10-14-16-18(11-17(13)14)12-7-5-4-6-8-12;2-1(3)4;/h4-8,11,13H,9-10H2,1-3H3;;1H/q+1;;/p-1/t13-;;/m1../s1. The molecule has 23 heavy (non-hydrogen) atoms. The Morgan fingerprint density at radius 3 is 2.26 bits per heavy atom. The van der Waals surface area contributed by atoms with Gasteiger partial charge in [-0.2, -0.15) is 0 Å². The molecule has 3 rings (SSSR count). The van der Waals surface area contributed by atoms with Gasteiger partial charge in [-0.15, -0.1) is 0 Å². The predicted molar refractivity (Wildman–Crippen MR) is 79.7 cm³/mol. The zero-order valence-corrected chi connectivity index (χ0v) is 13.4. The van der Waals surface area contributed by atoms with Crippen molar-refractivity contribution in [3.8, 4) is 5.69 Å². The highest BCUT2D eigenvalue weighted by Crippen LogP contribution is 2.33. The average Bonchev–Trinajstić information content (AvgIpc) is 2.97. The number of para-hydroxylation sites is 1. The molecule has 0 amide bonds. The monoisotopic (exact) mass is 329 g/mol. The lowest BCUT2D eigenvalue weighted by Crippen LogP contribution is -3.00. The highest BCUT2D eigenvalue weighted by Gasteiger charge is 2.38. The van der Waals surface area contributed by atoms with E-state index >= 15 is 0 Å². The third-order valence-electron chi connectivity index (χ3n) is 3.75. The lowest BCUT2D eigenvalue weighted by Gasteiger charge is -2.24. The molecule has 0 saturated heterocycles. The minimum absolute atomic E-state index is 0. The minimum atomic E-state index is -3.67. The van der Waals surface area contributed by atoms with Crippen molar-refractivity contribution in [3.05, 3.63) is 42.5 Å². The number of aryl methyl sites for hydroxylation is 1. The molecule has 0 saturated carbocycles. The molecule has 2 heterocycles. The Morgan fingerprint density at radius 1 is 1.17 bits per heavy atom. The van der Waals surface area contributed by atoms with E-state index in [-0.39, 0.29) is 4.70 Å². The van der Waals surface area contributed by atoms with Crippen molar-refractivity contribution < 1.29 is 22.2 Å². The van der Waals surface area contributed by atoms with Gasteiger partial charge in [0.15, 0.2) is 0 Å². The Hall–Kier alpha value is -1.86. The summed E-state index contributed by atoms with van der Waals surface area (Å²) in [6.07, 6.45) is 4.44. The highest BCUT2D eigenvalue weighted by molar-refractivity contribution is 6.33. The molecule has 3 nitrogen and oxygen atoms in total. The Kier molecular flexibility index (Phi) is 6.35. The third-order valence-corrected chi connectivity index (χ3v) is 3.75. The van der Waals surface area contributed by atoms with Gasteiger partial charge in [-0.3, -0.25) is 12.9 Å². The van der Waals surface area contributed by atoms with E-state index in [1.54, 1.807) is 0 Å². The normalized spacial score (nSPS) is 16.0. The summed E-state index contributed by atoms with van der Waals surface area (Å²) in [6.45, 7) is 6.92. The predicted octanol–water partition coefficient (Wildman–Crippen LogP) is 0.577. The van der Waals surface area contributed by atoms with Crippen LogP contribution in [0.1, 0.15) is 39.1 Å². The van der Waals surface area contributed by atoms with Crippen LogP contribution in [0.25, 0.3) is 5.69 Å². The van der Waals surface area contributed by atoms with E-state index < -0.39 is 7.54 Å². The number of hydrogen-bond acceptors (Lipinski definition) is 1. The van der Waals surface area contributed by atoms with Gasteiger partial charge >= 0.3 is 7.54 Å². The zero-order valence-electron chi connectivity index (χ0n) is 13.4. The number of nitrogens with zero attached hydrogens (tertiary/aromatic N) is 3. The van der Waals surface area contributed by atoms with Crippen molar-refractivity contribution in [2.75, 3.05) is 0 Å². The molecule has 1 aromatic heterocycles. The summed E-state index contributed by atoms with van der Waals surface area (Å²) in [5.74, 6) is 1.21. The highest BCUT2D eigenvalue weighted by atomic mass is 19.4. The second-order valence-corrected chi connectivity index (χ2v) is 6.39. The lowest BCUT2D eigenvalue weighted by atomic mass is 9.85. The number of benzene rings is 1. The summed E-state index contributed by atoms with van der Waals surface area (Å²) >= 11 is 0. The molecule has 126 valence electrons. The third kappa shape index (κ3) is 4.81. The van der Waals surface area contributed by atoms with E-state index in [1.807, 2.05) is 22.9 Å². The van der Waals surface area contributed by atoms with Gasteiger partial charge in [-0.05, 0) is 24.0 Å². The van der Waals surface area contributed by atoms with Crippen LogP contribution in [0.15, 0.2) is 36.7 Å². The van der Waals surface area contributed by atoms with E-state index in [0.29, 0.717) is 11.5 Å². The van der Waals surface area contributed by atoms with Gasteiger partial charge in [0.05, 0.1) is 6.04 Å². The van der Waals surface area contributed by atoms with Gasteiger partial charge in [-0.25, -0.2) is 4.57 Å². The summed E-state index contributed by atoms with van der Waals surface area (Å²) in [4.78, 5) is 0. The smallest absolute Gasteiger partial charge is 0.762 e. The number of hydrogen-bond donors (Lipinski definition) is 0. The van der Waals surface area contributed by atoms with Crippen LogP contribution in [0.4, 0.5) is 12.9 Å². The molecule has 1 aliphatic heterocycles. The van der Waals surface area contributed by atoms with Crippen LogP contribution in [0.3, 0.4) is 0 Å². The number of halogens is 4. The molecule has 1 aromatic carbocycles. The molecule has 8 heteroatoms. The van der Waals surface area contributed by atoms with Crippen LogP contribution in [-0.2, 0) is 6.42 Å². The van der Waals surface area contributed by atoms with Crippen molar-refractivity contribution in [3.63, 3.8) is 0 Å². The Labute approximate surface area is 133 Å². The van der Waals surface area contributed by atoms with Crippen molar-refractivity contribution in [1.29, 1.82) is 0 Å². The zero-order chi connectivity index (χ0) is 16.3. The maximum Gasteiger partial charge on any atom is 0.762 e. The van der Waals surface area contributed by atoms with E-state index in [4.69, 9.17) is 5.10 Å². The molecular weight excluding hydrogens is 309 g/mol. The van der Waals surface area contributed by atoms with E-state index in [9.17, 15) is 12.9 Å². The fraction of sp³-hybridized carbons (Fsp3) is 0.467.